The second kappa shape index (κ2) is 15.0. The Bertz CT molecular complexity index is 1860. The van der Waals surface area contributed by atoms with Crippen LogP contribution >= 0.6 is 0 Å². The second-order valence-corrected chi connectivity index (χ2v) is 12.8. The van der Waals surface area contributed by atoms with Crippen molar-refractivity contribution in [3.05, 3.63) is 95.1 Å². The third-order valence-corrected chi connectivity index (χ3v) is 8.12. The number of methoxy groups -OCH3 is 1. The molecule has 3 aromatic heterocycles. The van der Waals surface area contributed by atoms with E-state index in [0.29, 0.717) is 41.9 Å². The lowest BCUT2D eigenvalue weighted by Crippen LogP contribution is -2.40. The number of carbonyl (C=O) groups excluding carboxylic acids is 3. The van der Waals surface area contributed by atoms with Gasteiger partial charge in [-0.3, -0.25) is 24.0 Å². The average molecular weight is 631 g/mol. The number of nitrogens with one attached hydrogen (secondary N) is 3. The molecule has 0 saturated heterocycles. The molecule has 0 bridgehead atoms. The average Bonchev–Trinajstić information content (AvgIpc) is 3.65. The van der Waals surface area contributed by atoms with Crippen LogP contribution in [0, 0.1) is 18.8 Å². The molecule has 13 nitrogen and oxygen atoms in total. The molecule has 4 rings (SSSR count). The van der Waals surface area contributed by atoms with E-state index in [0.717, 1.165) is 11.4 Å². The monoisotopic (exact) mass is 630 g/mol. The normalized spacial score (nSPS) is 12.7. The summed E-state index contributed by atoms with van der Waals surface area (Å²) in [6.45, 7) is 2.18. The van der Waals surface area contributed by atoms with Crippen molar-refractivity contribution in [2.75, 3.05) is 31.0 Å². The van der Waals surface area contributed by atoms with Gasteiger partial charge in [0.2, 0.25) is 0 Å². The molecule has 1 aromatic carbocycles. The van der Waals surface area contributed by atoms with E-state index >= 15 is 0 Å². The van der Waals surface area contributed by atoms with Crippen molar-refractivity contribution < 1.29 is 23.3 Å². The number of nitrogens with zero attached hydrogens (tertiary/aromatic N) is 5. The summed E-state index contributed by atoms with van der Waals surface area (Å²) in [6.07, 6.45) is 8.20. The first-order valence-electron chi connectivity index (χ1n) is 13.9. The lowest BCUT2D eigenvalue weighted by molar-refractivity contribution is -0.143. The number of aromatic nitrogens is 5. The molecule has 0 spiro atoms. The Morgan fingerprint density at radius 1 is 1.11 bits per heavy atom. The summed E-state index contributed by atoms with van der Waals surface area (Å²) < 4.78 is 23.4. The minimum absolute atomic E-state index is 0.143. The molecule has 14 heteroatoms. The molecule has 3 heterocycles. The second-order valence-electron chi connectivity index (χ2n) is 10.3. The van der Waals surface area contributed by atoms with Crippen molar-refractivity contribution in [2.24, 2.45) is 11.4 Å². The Morgan fingerprint density at radius 2 is 1.91 bits per heavy atom. The van der Waals surface area contributed by atoms with E-state index in [-0.39, 0.29) is 17.2 Å². The minimum atomic E-state index is -2.86. The summed E-state index contributed by atoms with van der Waals surface area (Å²) in [5.74, 6) is 4.75. The van der Waals surface area contributed by atoms with Crippen molar-refractivity contribution in [3.63, 3.8) is 0 Å². The summed E-state index contributed by atoms with van der Waals surface area (Å²) in [4.78, 5) is 48.6. The largest absolute Gasteiger partial charge is 0.468 e. The predicted octanol–water partition coefficient (Wildman–Crippen LogP) is 2.50. The first kappa shape index (κ1) is 32.8. The molecule has 0 saturated carbocycles. The van der Waals surface area contributed by atoms with Crippen LogP contribution in [0.5, 0.6) is 0 Å². The van der Waals surface area contributed by atoms with Gasteiger partial charge in [-0.25, -0.2) is 9.19 Å². The zero-order valence-corrected chi connectivity index (χ0v) is 26.2. The van der Waals surface area contributed by atoms with E-state index in [2.05, 4.69) is 46.9 Å². The number of aryl methyl sites for hydroxylation is 2. The number of ether oxygens (including phenoxy) is 1. The van der Waals surface area contributed by atoms with Gasteiger partial charge < -0.3 is 20.4 Å². The minimum Gasteiger partial charge on any atom is -0.468 e. The lowest BCUT2D eigenvalue weighted by atomic mass is 10.1. The Kier molecular flexibility index (Phi) is 11.0. The molecule has 0 fully saturated rings. The van der Waals surface area contributed by atoms with Crippen LogP contribution in [0.2, 0.25) is 0 Å². The Balaban J connectivity index is 1.35. The highest BCUT2D eigenvalue weighted by molar-refractivity contribution is 7.93. The van der Waals surface area contributed by atoms with Gasteiger partial charge in [-0.05, 0) is 50.2 Å². The number of rotatable bonds is 11. The number of carbonyl (C=O) groups is 3. The van der Waals surface area contributed by atoms with Gasteiger partial charge in [0.05, 0.1) is 34.4 Å². The molecule has 2 atom stereocenters. The van der Waals surface area contributed by atoms with E-state index in [1.807, 2.05) is 6.92 Å². The molecule has 0 radical (unpaired) electrons. The van der Waals surface area contributed by atoms with Gasteiger partial charge in [-0.2, -0.15) is 9.46 Å². The van der Waals surface area contributed by atoms with Gasteiger partial charge in [0.15, 0.2) is 0 Å². The molecule has 0 unspecified atom stereocenters. The first-order valence-corrected chi connectivity index (χ1v) is 16.0. The van der Waals surface area contributed by atoms with Gasteiger partial charge in [0.25, 0.3) is 11.8 Å². The molecular formula is C31H34N8O5S. The van der Waals surface area contributed by atoms with Crippen molar-refractivity contribution in [3.8, 4) is 11.8 Å². The van der Waals surface area contributed by atoms with Crippen LogP contribution in [0.1, 0.15) is 49.8 Å². The van der Waals surface area contributed by atoms with Crippen LogP contribution < -0.4 is 10.6 Å². The standard InChI is InChI=1S/C31H34N8O5S/c1-21-13-28(39(2)37-21)30(41)36-25-8-5-7-22(15-25)9-10-23-14-24(18-32-17-23)29(40)38-45(4,43)12-6-11-34-27(31(42)44-3)16-26-19-33-20-35-26/h5,7-8,13-15,17-20,27,34H,6,11-12,16H2,1-4H3,(H,33,35)(H,36,41)/t27-,45+/m0/s1. The zero-order valence-electron chi connectivity index (χ0n) is 25.4. The van der Waals surface area contributed by atoms with Gasteiger partial charge >= 0.3 is 5.97 Å². The SMILES string of the molecule is COC(=O)[C@H](Cc1cnc[nH]1)NCCC[S@@](C)(=O)=NC(=O)c1cncc(C#Cc2cccc(NC(=O)c3cc(C)nn3C)c2)c1. The van der Waals surface area contributed by atoms with Crippen molar-refractivity contribution in [1.29, 1.82) is 0 Å². The van der Waals surface area contributed by atoms with Crippen molar-refractivity contribution in [2.45, 2.75) is 25.8 Å². The van der Waals surface area contributed by atoms with E-state index in [9.17, 15) is 18.6 Å². The maximum absolute atomic E-state index is 13.1. The number of benzene rings is 1. The van der Waals surface area contributed by atoms with Crippen molar-refractivity contribution in [1.82, 2.24) is 30.0 Å². The molecule has 45 heavy (non-hydrogen) atoms. The molecule has 0 aliphatic rings. The van der Waals surface area contributed by atoms with Crippen LogP contribution in [-0.4, -0.2) is 78.4 Å². The number of pyridine rings is 1. The molecule has 0 aliphatic carbocycles. The van der Waals surface area contributed by atoms with E-state index < -0.39 is 27.6 Å². The van der Waals surface area contributed by atoms with Crippen LogP contribution in [0.25, 0.3) is 0 Å². The maximum atomic E-state index is 13.1. The number of amides is 2. The van der Waals surface area contributed by atoms with Crippen molar-refractivity contribution >= 4 is 33.2 Å². The molecule has 234 valence electrons. The van der Waals surface area contributed by atoms with E-state index in [1.54, 1.807) is 43.6 Å². The van der Waals surface area contributed by atoms with E-state index in [4.69, 9.17) is 4.74 Å². The number of esters is 1. The molecule has 3 N–H and O–H groups in total. The highest BCUT2D eigenvalue weighted by Crippen LogP contribution is 2.13. The Morgan fingerprint density at radius 3 is 2.62 bits per heavy atom. The lowest BCUT2D eigenvalue weighted by Gasteiger charge is -2.15. The summed E-state index contributed by atoms with van der Waals surface area (Å²) in [5, 5.41) is 10.1. The van der Waals surface area contributed by atoms with Crippen LogP contribution in [-0.2, 0) is 32.7 Å². The summed E-state index contributed by atoms with van der Waals surface area (Å²) in [5.41, 5.74) is 3.78. The van der Waals surface area contributed by atoms with Crippen LogP contribution in [0.3, 0.4) is 0 Å². The first-order chi connectivity index (χ1) is 21.5. The van der Waals surface area contributed by atoms with E-state index in [1.165, 1.54) is 42.8 Å². The third-order valence-electron chi connectivity index (χ3n) is 6.52. The quantitative estimate of drug-likeness (QED) is 0.128. The number of hydrogen-bond donors (Lipinski definition) is 3. The number of aromatic amines is 1. The fourth-order valence-electron chi connectivity index (χ4n) is 4.35. The fourth-order valence-corrected chi connectivity index (χ4v) is 5.58. The molecule has 4 aromatic rings. The zero-order chi connectivity index (χ0) is 32.4. The third kappa shape index (κ3) is 9.68. The molecule has 2 amide bonds. The summed E-state index contributed by atoms with van der Waals surface area (Å²) in [6, 6.07) is 9.69. The predicted molar refractivity (Wildman–Crippen MR) is 169 cm³/mol. The van der Waals surface area contributed by atoms with Gasteiger partial charge in [0, 0.05) is 66.6 Å². The number of H-pyrrole nitrogens is 1. The molecule has 0 aliphatic heterocycles. The highest BCUT2D eigenvalue weighted by atomic mass is 32.2. The Hall–Kier alpha value is -5.13. The van der Waals surface area contributed by atoms with Crippen LogP contribution in [0.4, 0.5) is 5.69 Å². The fraction of sp³-hybridized carbons (Fsp3) is 0.290. The molecular weight excluding hydrogens is 596 g/mol. The van der Waals surface area contributed by atoms with Gasteiger partial charge in [-0.1, -0.05) is 17.9 Å². The summed E-state index contributed by atoms with van der Waals surface area (Å²) in [7, 11) is 0.160. The topological polar surface area (TPSA) is 173 Å². The highest BCUT2D eigenvalue weighted by Gasteiger charge is 2.20. The number of anilines is 1. The summed E-state index contributed by atoms with van der Waals surface area (Å²) >= 11 is 0. The smallest absolute Gasteiger partial charge is 0.323 e. The van der Waals surface area contributed by atoms with Gasteiger partial charge in [-0.15, -0.1) is 0 Å². The Labute approximate surface area is 261 Å². The number of imidazole rings is 1. The van der Waals surface area contributed by atoms with Gasteiger partial charge in [0.1, 0.15) is 11.7 Å². The maximum Gasteiger partial charge on any atom is 0.323 e. The number of hydrogen-bond acceptors (Lipinski definition) is 9. The van der Waals surface area contributed by atoms with Crippen LogP contribution in [0.15, 0.2) is 65.7 Å².